The Morgan fingerprint density at radius 1 is 1.17 bits per heavy atom. The molecule has 1 atom stereocenters. The molecular formula is C18H19N3OS2. The number of nitrogens with zero attached hydrogens (tertiary/aromatic N) is 2. The summed E-state index contributed by atoms with van der Waals surface area (Å²) >= 11 is 3.07. The number of para-hydroxylation sites is 1. The van der Waals surface area contributed by atoms with Crippen molar-refractivity contribution >= 4 is 44.9 Å². The van der Waals surface area contributed by atoms with Crippen LogP contribution in [0.5, 0.6) is 0 Å². The molecule has 6 heteroatoms. The third-order valence-electron chi connectivity index (χ3n) is 3.71. The summed E-state index contributed by atoms with van der Waals surface area (Å²) < 4.78 is 1.03. The van der Waals surface area contributed by atoms with Gasteiger partial charge >= 0.3 is 0 Å². The number of hydrogen-bond acceptors (Lipinski definition) is 5. The normalized spacial score (nSPS) is 12.5. The van der Waals surface area contributed by atoms with Gasteiger partial charge in [-0.3, -0.25) is 4.79 Å². The summed E-state index contributed by atoms with van der Waals surface area (Å²) in [6.45, 7) is 6.15. The highest BCUT2D eigenvalue weighted by Crippen LogP contribution is 2.32. The van der Waals surface area contributed by atoms with E-state index in [0.717, 1.165) is 26.5 Å². The predicted octanol–water partition coefficient (Wildman–Crippen LogP) is 4.93. The number of thiophene rings is 1. The lowest BCUT2D eigenvalue weighted by atomic mass is 10.0. The summed E-state index contributed by atoms with van der Waals surface area (Å²) in [5.74, 6) is 0.341. The molecule has 124 valence electrons. The molecule has 2 heterocycles. The molecule has 1 amide bonds. The van der Waals surface area contributed by atoms with Gasteiger partial charge in [0, 0.05) is 5.69 Å². The lowest BCUT2D eigenvalue weighted by molar-refractivity contribution is -0.115. The summed E-state index contributed by atoms with van der Waals surface area (Å²) in [6, 6.07) is 9.91. The molecule has 3 aromatic rings. The Bertz CT molecular complexity index is 860. The smallest absolute Gasteiger partial charge is 0.237 e. The molecule has 0 saturated carbocycles. The molecule has 0 aliphatic rings. The molecule has 1 aromatic carbocycles. The van der Waals surface area contributed by atoms with Gasteiger partial charge in [0.1, 0.15) is 11.4 Å². The first kappa shape index (κ1) is 16.9. The van der Waals surface area contributed by atoms with Gasteiger partial charge in [0.2, 0.25) is 5.91 Å². The molecule has 1 N–H and O–H groups in total. The third kappa shape index (κ3) is 3.60. The minimum Gasteiger partial charge on any atom is -0.325 e. The van der Waals surface area contributed by atoms with Crippen LogP contribution in [0.4, 0.5) is 5.69 Å². The molecular weight excluding hydrogens is 338 g/mol. The van der Waals surface area contributed by atoms with Crippen molar-refractivity contribution in [1.29, 1.82) is 0 Å². The molecule has 0 fully saturated rings. The fourth-order valence-electron chi connectivity index (χ4n) is 2.42. The summed E-state index contributed by atoms with van der Waals surface area (Å²) in [7, 11) is 0. The number of carbonyl (C=O) groups is 1. The Morgan fingerprint density at radius 2 is 1.96 bits per heavy atom. The number of aromatic nitrogens is 2. The highest BCUT2D eigenvalue weighted by Gasteiger charge is 2.19. The fraction of sp³-hybridized carbons (Fsp3) is 0.278. The first-order valence-electron chi connectivity index (χ1n) is 7.81. The maximum Gasteiger partial charge on any atom is 0.237 e. The lowest BCUT2D eigenvalue weighted by Crippen LogP contribution is -2.23. The van der Waals surface area contributed by atoms with Crippen LogP contribution in [0.1, 0.15) is 32.3 Å². The fourth-order valence-corrected chi connectivity index (χ4v) is 4.26. The summed E-state index contributed by atoms with van der Waals surface area (Å²) in [5.41, 5.74) is 2.95. The summed E-state index contributed by atoms with van der Waals surface area (Å²) in [4.78, 5) is 21.2. The van der Waals surface area contributed by atoms with Gasteiger partial charge in [-0.1, -0.05) is 43.8 Å². The second-order valence-electron chi connectivity index (χ2n) is 5.81. The highest BCUT2D eigenvalue weighted by atomic mass is 32.2. The molecule has 0 aliphatic heterocycles. The number of anilines is 1. The van der Waals surface area contributed by atoms with E-state index in [2.05, 4.69) is 35.2 Å². The van der Waals surface area contributed by atoms with E-state index in [9.17, 15) is 4.79 Å². The number of fused-ring (bicyclic) bond motifs is 1. The Kier molecular flexibility index (Phi) is 5.16. The Hall–Kier alpha value is -1.92. The zero-order valence-electron chi connectivity index (χ0n) is 13.8. The van der Waals surface area contributed by atoms with Gasteiger partial charge in [-0.2, -0.15) is 0 Å². The van der Waals surface area contributed by atoms with Gasteiger partial charge in [-0.15, -0.1) is 11.3 Å². The Balaban J connectivity index is 1.75. The number of amides is 1. The van der Waals surface area contributed by atoms with Crippen LogP contribution in [0.15, 0.2) is 47.1 Å². The van der Waals surface area contributed by atoms with Crippen LogP contribution in [0.2, 0.25) is 0 Å². The van der Waals surface area contributed by atoms with Gasteiger partial charge in [0.05, 0.1) is 15.5 Å². The van der Waals surface area contributed by atoms with Gasteiger partial charge in [0.25, 0.3) is 0 Å². The average Bonchev–Trinajstić information content (AvgIpc) is 3.04. The van der Waals surface area contributed by atoms with Gasteiger partial charge in [0.15, 0.2) is 0 Å². The molecule has 0 spiro atoms. The van der Waals surface area contributed by atoms with E-state index in [1.54, 1.807) is 17.7 Å². The van der Waals surface area contributed by atoms with Crippen molar-refractivity contribution in [3.8, 4) is 0 Å². The summed E-state index contributed by atoms with van der Waals surface area (Å²) in [6.07, 6.45) is 1.55. The molecule has 3 rings (SSSR count). The van der Waals surface area contributed by atoms with Crippen molar-refractivity contribution in [1.82, 2.24) is 9.97 Å². The minimum atomic E-state index is -0.245. The average molecular weight is 358 g/mol. The molecule has 0 radical (unpaired) electrons. The topological polar surface area (TPSA) is 54.9 Å². The van der Waals surface area contributed by atoms with E-state index >= 15 is 0 Å². The van der Waals surface area contributed by atoms with E-state index in [-0.39, 0.29) is 11.2 Å². The SMILES string of the molecule is CC(Sc1ncnc2ccsc12)C(=O)Nc1ccccc1C(C)C. The van der Waals surface area contributed by atoms with E-state index in [4.69, 9.17) is 0 Å². The molecule has 0 saturated heterocycles. The highest BCUT2D eigenvalue weighted by molar-refractivity contribution is 8.00. The van der Waals surface area contributed by atoms with Gasteiger partial charge in [-0.25, -0.2) is 9.97 Å². The number of benzene rings is 1. The number of carbonyl (C=O) groups excluding carboxylic acids is 1. The zero-order valence-corrected chi connectivity index (χ0v) is 15.4. The van der Waals surface area contributed by atoms with Crippen molar-refractivity contribution in [2.75, 3.05) is 5.32 Å². The van der Waals surface area contributed by atoms with Crippen molar-refractivity contribution in [3.05, 3.63) is 47.6 Å². The zero-order chi connectivity index (χ0) is 17.1. The molecule has 0 bridgehead atoms. The van der Waals surface area contributed by atoms with Crippen LogP contribution in [0, 0.1) is 0 Å². The van der Waals surface area contributed by atoms with Crippen molar-refractivity contribution in [3.63, 3.8) is 0 Å². The van der Waals surface area contributed by atoms with Crippen molar-refractivity contribution < 1.29 is 4.79 Å². The lowest BCUT2D eigenvalue weighted by Gasteiger charge is -2.16. The largest absolute Gasteiger partial charge is 0.325 e. The number of hydrogen-bond donors (Lipinski definition) is 1. The minimum absolute atomic E-state index is 0.0172. The Morgan fingerprint density at radius 3 is 2.75 bits per heavy atom. The monoisotopic (exact) mass is 357 g/mol. The third-order valence-corrected chi connectivity index (χ3v) is 5.85. The predicted molar refractivity (Wildman–Crippen MR) is 102 cm³/mol. The van der Waals surface area contributed by atoms with Crippen LogP contribution < -0.4 is 5.32 Å². The maximum atomic E-state index is 12.6. The second kappa shape index (κ2) is 7.32. The molecule has 1 unspecified atom stereocenters. The van der Waals surface area contributed by atoms with Crippen LogP contribution in [0.3, 0.4) is 0 Å². The van der Waals surface area contributed by atoms with Crippen LogP contribution >= 0.6 is 23.1 Å². The van der Waals surface area contributed by atoms with Crippen molar-refractivity contribution in [2.45, 2.75) is 37.0 Å². The summed E-state index contributed by atoms with van der Waals surface area (Å²) in [5, 5.41) is 5.66. The Labute approximate surface area is 149 Å². The van der Waals surface area contributed by atoms with E-state index < -0.39 is 0 Å². The molecule has 4 nitrogen and oxygen atoms in total. The standard InChI is InChI=1S/C18H19N3OS2/c1-11(2)13-6-4-5-7-14(13)21-17(22)12(3)24-18-16-15(8-9-23-16)19-10-20-18/h4-12H,1-3H3,(H,21,22). The molecule has 2 aromatic heterocycles. The quantitative estimate of drug-likeness (QED) is 0.519. The van der Waals surface area contributed by atoms with Crippen LogP contribution in [-0.4, -0.2) is 21.1 Å². The maximum absolute atomic E-state index is 12.6. The van der Waals surface area contributed by atoms with Crippen LogP contribution in [-0.2, 0) is 4.79 Å². The van der Waals surface area contributed by atoms with E-state index in [1.165, 1.54) is 11.8 Å². The van der Waals surface area contributed by atoms with Crippen LogP contribution in [0.25, 0.3) is 10.2 Å². The van der Waals surface area contributed by atoms with Crippen molar-refractivity contribution in [2.24, 2.45) is 0 Å². The molecule has 24 heavy (non-hydrogen) atoms. The van der Waals surface area contributed by atoms with E-state index in [1.807, 2.05) is 36.6 Å². The van der Waals surface area contributed by atoms with Gasteiger partial charge < -0.3 is 5.32 Å². The number of rotatable bonds is 5. The van der Waals surface area contributed by atoms with Gasteiger partial charge in [-0.05, 0) is 35.9 Å². The first-order valence-corrected chi connectivity index (χ1v) is 9.57. The second-order valence-corrected chi connectivity index (χ2v) is 8.05. The molecule has 0 aliphatic carbocycles. The first-order chi connectivity index (χ1) is 11.6. The van der Waals surface area contributed by atoms with E-state index in [0.29, 0.717) is 5.92 Å². The number of nitrogens with one attached hydrogen (secondary N) is 1. The number of thioether (sulfide) groups is 1.